The van der Waals surface area contributed by atoms with Gasteiger partial charge in [0.1, 0.15) is 12.4 Å². The number of halogens is 1. The van der Waals surface area contributed by atoms with Gasteiger partial charge in [0.25, 0.3) is 5.91 Å². The zero-order valence-electron chi connectivity index (χ0n) is 12.8. The fraction of sp³-hybridized carbons (Fsp3) is 0.105. The molecule has 2 aromatic carbocycles. The largest absolute Gasteiger partial charge is 0.479 e. The first-order chi connectivity index (χ1) is 11.8. The van der Waals surface area contributed by atoms with Gasteiger partial charge in [0.15, 0.2) is 0 Å². The van der Waals surface area contributed by atoms with Crippen LogP contribution >= 0.6 is 11.6 Å². The summed E-state index contributed by atoms with van der Waals surface area (Å²) in [5.41, 5.74) is 1.54. The van der Waals surface area contributed by atoms with Crippen molar-refractivity contribution in [3.63, 3.8) is 0 Å². The number of benzene rings is 2. The fourth-order valence-corrected chi connectivity index (χ4v) is 2.46. The zero-order chi connectivity index (χ0) is 16.8. The molecule has 24 heavy (non-hydrogen) atoms. The summed E-state index contributed by atoms with van der Waals surface area (Å²) < 4.78 is 5.45. The van der Waals surface area contributed by atoms with Crippen molar-refractivity contribution in [2.45, 2.75) is 0 Å². The topological polar surface area (TPSA) is 54.1 Å². The third kappa shape index (κ3) is 3.70. The predicted octanol–water partition coefficient (Wildman–Crippen LogP) is 3.63. The van der Waals surface area contributed by atoms with E-state index in [0.29, 0.717) is 16.3 Å². The van der Waals surface area contributed by atoms with Crippen molar-refractivity contribution in [1.29, 1.82) is 0 Å². The number of para-hydroxylation sites is 2. The quantitative estimate of drug-likeness (QED) is 0.714. The number of H-pyrrole nitrogens is 1. The molecule has 3 rings (SSSR count). The molecule has 5 heteroatoms. The highest BCUT2D eigenvalue weighted by Crippen LogP contribution is 2.22. The summed E-state index contributed by atoms with van der Waals surface area (Å²) in [6.07, 6.45) is 1.70. The molecule has 0 saturated heterocycles. The molecule has 1 aromatic heterocycles. The zero-order valence-corrected chi connectivity index (χ0v) is 13.6. The molecule has 0 radical (unpaired) electrons. The molecule has 4 nitrogen and oxygen atoms in total. The van der Waals surface area contributed by atoms with Gasteiger partial charge in [-0.2, -0.15) is 0 Å². The molecule has 0 saturated carbocycles. The van der Waals surface area contributed by atoms with Crippen molar-refractivity contribution < 1.29 is 9.53 Å². The Labute approximate surface area is 144 Å². The van der Waals surface area contributed by atoms with Crippen LogP contribution in [0.15, 0.2) is 54.7 Å². The molecule has 0 fully saturated rings. The van der Waals surface area contributed by atoms with Crippen LogP contribution in [0.4, 0.5) is 0 Å². The Morgan fingerprint density at radius 3 is 2.79 bits per heavy atom. The van der Waals surface area contributed by atoms with E-state index in [0.717, 1.165) is 10.9 Å². The highest BCUT2D eigenvalue weighted by atomic mass is 35.5. The monoisotopic (exact) mass is 338 g/mol. The number of fused-ring (bicyclic) bond motifs is 1. The first-order valence-electron chi connectivity index (χ1n) is 7.43. The minimum absolute atomic E-state index is 0.159. The average Bonchev–Trinajstić information content (AvgIpc) is 3.03. The van der Waals surface area contributed by atoms with E-state index in [4.69, 9.17) is 16.3 Å². The van der Waals surface area contributed by atoms with Crippen molar-refractivity contribution in [3.8, 4) is 17.6 Å². The summed E-state index contributed by atoms with van der Waals surface area (Å²) in [5, 5.41) is 4.21. The van der Waals surface area contributed by atoms with Crippen LogP contribution in [0.25, 0.3) is 10.9 Å². The minimum Gasteiger partial charge on any atom is -0.479 e. The Hall–Kier alpha value is -2.90. The van der Waals surface area contributed by atoms with Crippen LogP contribution in [0.5, 0.6) is 5.75 Å². The maximum atomic E-state index is 12.2. The number of aromatic amines is 1. The number of aromatic nitrogens is 1. The second-order valence-corrected chi connectivity index (χ2v) is 5.41. The van der Waals surface area contributed by atoms with Crippen LogP contribution in [0.2, 0.25) is 5.02 Å². The van der Waals surface area contributed by atoms with Crippen LogP contribution in [-0.2, 0) is 0 Å². The number of ether oxygens (including phenoxy) is 1. The molecule has 3 aromatic rings. The van der Waals surface area contributed by atoms with Gasteiger partial charge in [-0.15, -0.1) is 0 Å². The number of carbonyl (C=O) groups excluding carboxylic acids is 1. The average molecular weight is 339 g/mol. The molecule has 0 aliphatic carbocycles. The van der Waals surface area contributed by atoms with E-state index in [9.17, 15) is 4.79 Å². The van der Waals surface area contributed by atoms with Gasteiger partial charge in [-0.05, 0) is 18.2 Å². The van der Waals surface area contributed by atoms with Gasteiger partial charge in [-0.25, -0.2) is 0 Å². The molecule has 0 bridgehead atoms. The van der Waals surface area contributed by atoms with E-state index in [1.54, 1.807) is 18.3 Å². The van der Waals surface area contributed by atoms with Gasteiger partial charge in [0.05, 0.1) is 17.1 Å². The van der Waals surface area contributed by atoms with E-state index in [-0.39, 0.29) is 19.1 Å². The first kappa shape index (κ1) is 16.0. The number of hydrogen-bond donors (Lipinski definition) is 2. The third-order valence-electron chi connectivity index (χ3n) is 3.43. The molecule has 2 N–H and O–H groups in total. The Kier molecular flexibility index (Phi) is 5.05. The summed E-state index contributed by atoms with van der Waals surface area (Å²) >= 11 is 5.98. The number of hydrogen-bond acceptors (Lipinski definition) is 2. The Morgan fingerprint density at radius 2 is 1.92 bits per heavy atom. The van der Waals surface area contributed by atoms with Crippen molar-refractivity contribution in [3.05, 3.63) is 65.3 Å². The van der Waals surface area contributed by atoms with Crippen LogP contribution in [0.3, 0.4) is 0 Å². The third-order valence-corrected chi connectivity index (χ3v) is 3.74. The van der Waals surface area contributed by atoms with Crippen molar-refractivity contribution in [1.82, 2.24) is 10.3 Å². The molecule has 0 aliphatic heterocycles. The second-order valence-electron chi connectivity index (χ2n) is 5.00. The lowest BCUT2D eigenvalue weighted by molar-refractivity contribution is 0.0960. The summed E-state index contributed by atoms with van der Waals surface area (Å²) in [6, 6.07) is 14.9. The van der Waals surface area contributed by atoms with Gasteiger partial charge >= 0.3 is 0 Å². The molecular weight excluding hydrogens is 324 g/mol. The maximum absolute atomic E-state index is 12.2. The van der Waals surface area contributed by atoms with Crippen molar-refractivity contribution in [2.24, 2.45) is 0 Å². The van der Waals surface area contributed by atoms with E-state index >= 15 is 0 Å². The van der Waals surface area contributed by atoms with Crippen molar-refractivity contribution >= 4 is 28.4 Å². The van der Waals surface area contributed by atoms with Crippen LogP contribution in [0, 0.1) is 11.8 Å². The van der Waals surface area contributed by atoms with Crippen molar-refractivity contribution in [2.75, 3.05) is 13.2 Å². The van der Waals surface area contributed by atoms with Gasteiger partial charge in [-0.1, -0.05) is 53.8 Å². The molecular formula is C19H15ClN2O2. The summed E-state index contributed by atoms with van der Waals surface area (Å²) in [5.74, 6) is 6.14. The first-order valence-corrected chi connectivity index (χ1v) is 7.81. The standard InChI is InChI=1S/C19H15ClN2O2/c20-16-8-2-4-10-18(16)24-12-6-5-11-21-19(23)15-13-22-17-9-3-1-7-14(15)17/h1-4,7-10,13,22H,11-12H2,(H,21,23). The maximum Gasteiger partial charge on any atom is 0.254 e. The molecule has 0 spiro atoms. The number of rotatable bonds is 4. The molecule has 120 valence electrons. The lowest BCUT2D eigenvalue weighted by atomic mass is 10.1. The minimum atomic E-state index is -0.159. The van der Waals surface area contributed by atoms with Crippen LogP contribution < -0.4 is 10.1 Å². The van der Waals surface area contributed by atoms with Gasteiger partial charge in [0.2, 0.25) is 0 Å². The van der Waals surface area contributed by atoms with E-state index in [2.05, 4.69) is 22.1 Å². The van der Waals surface area contributed by atoms with Crippen LogP contribution in [-0.4, -0.2) is 24.0 Å². The Bertz CT molecular complexity index is 922. The molecule has 1 heterocycles. The second kappa shape index (κ2) is 7.58. The lowest BCUT2D eigenvalue weighted by Crippen LogP contribution is -2.23. The van der Waals surface area contributed by atoms with E-state index in [1.165, 1.54) is 0 Å². The predicted molar refractivity (Wildman–Crippen MR) is 95.4 cm³/mol. The normalized spacial score (nSPS) is 10.0. The highest BCUT2D eigenvalue weighted by Gasteiger charge is 2.10. The summed E-state index contributed by atoms with van der Waals surface area (Å²) in [4.78, 5) is 15.2. The number of carbonyl (C=O) groups is 1. The number of nitrogens with one attached hydrogen (secondary N) is 2. The summed E-state index contributed by atoms with van der Waals surface area (Å²) in [6.45, 7) is 0.469. The fourth-order valence-electron chi connectivity index (χ4n) is 2.27. The summed E-state index contributed by atoms with van der Waals surface area (Å²) in [7, 11) is 0. The Balaban J connectivity index is 1.50. The molecule has 0 aliphatic rings. The molecule has 0 unspecified atom stereocenters. The Morgan fingerprint density at radius 1 is 1.12 bits per heavy atom. The lowest BCUT2D eigenvalue weighted by Gasteiger charge is -2.03. The van der Waals surface area contributed by atoms with Gasteiger partial charge in [0, 0.05) is 17.1 Å². The van der Waals surface area contributed by atoms with Gasteiger partial charge in [-0.3, -0.25) is 4.79 Å². The number of amides is 1. The SMILES string of the molecule is O=C(NCC#CCOc1ccccc1Cl)c1c[nH]c2ccccc12. The molecule has 0 atom stereocenters. The smallest absolute Gasteiger partial charge is 0.254 e. The van der Waals surface area contributed by atoms with Crippen LogP contribution in [0.1, 0.15) is 10.4 Å². The van der Waals surface area contributed by atoms with Gasteiger partial charge < -0.3 is 15.0 Å². The van der Waals surface area contributed by atoms with E-state index < -0.39 is 0 Å². The van der Waals surface area contributed by atoms with E-state index in [1.807, 2.05) is 36.4 Å². The highest BCUT2D eigenvalue weighted by molar-refractivity contribution is 6.32. The molecule has 1 amide bonds.